The van der Waals surface area contributed by atoms with Gasteiger partial charge in [-0.2, -0.15) is 0 Å². The molecule has 0 aliphatic carbocycles. The van der Waals surface area contributed by atoms with E-state index < -0.39 is 29.8 Å². The van der Waals surface area contributed by atoms with Crippen LogP contribution < -0.4 is 5.32 Å². The number of methoxy groups -OCH3 is 1. The lowest BCUT2D eigenvalue weighted by atomic mass is 10.0. The van der Waals surface area contributed by atoms with Crippen LogP contribution in [0.15, 0.2) is 54.6 Å². The van der Waals surface area contributed by atoms with Gasteiger partial charge in [-0.05, 0) is 23.3 Å². The molecule has 2 aromatic carbocycles. The van der Waals surface area contributed by atoms with Gasteiger partial charge in [0, 0.05) is 6.42 Å². The van der Waals surface area contributed by atoms with Crippen LogP contribution >= 0.6 is 0 Å². The number of aliphatic hydroxyl groups excluding tert-OH is 1. The number of benzene rings is 2. The Balaban J connectivity index is 2.11. The van der Waals surface area contributed by atoms with E-state index in [4.69, 9.17) is 0 Å². The van der Waals surface area contributed by atoms with Crippen LogP contribution in [-0.2, 0) is 20.7 Å². The predicted octanol–water partition coefficient (Wildman–Crippen LogP) is 1.76. The molecule has 2 N–H and O–H groups in total. The van der Waals surface area contributed by atoms with Gasteiger partial charge in [0.1, 0.15) is 11.9 Å². The maximum atomic E-state index is 13.3. The van der Waals surface area contributed by atoms with E-state index in [1.54, 1.807) is 36.4 Å². The normalized spacial score (nSPS) is 13.0. The van der Waals surface area contributed by atoms with Crippen molar-refractivity contribution in [3.8, 4) is 0 Å². The van der Waals surface area contributed by atoms with Crippen LogP contribution in [-0.4, -0.2) is 30.1 Å². The van der Waals surface area contributed by atoms with Gasteiger partial charge in [0.05, 0.1) is 7.11 Å². The molecule has 0 aromatic heterocycles. The van der Waals surface area contributed by atoms with Crippen molar-refractivity contribution in [3.05, 3.63) is 71.5 Å². The Morgan fingerprint density at radius 1 is 1.17 bits per heavy atom. The molecule has 5 nitrogen and oxygen atoms in total. The Bertz CT molecular complexity index is 705. The molecule has 0 spiro atoms. The van der Waals surface area contributed by atoms with E-state index in [1.165, 1.54) is 25.3 Å². The summed E-state index contributed by atoms with van der Waals surface area (Å²) in [5.41, 5.74) is 0.935. The summed E-state index contributed by atoms with van der Waals surface area (Å²) in [6.45, 7) is 0. The number of amides is 1. The summed E-state index contributed by atoms with van der Waals surface area (Å²) < 4.78 is 17.9. The van der Waals surface area contributed by atoms with Crippen molar-refractivity contribution < 1.29 is 23.8 Å². The first kappa shape index (κ1) is 17.6. The Morgan fingerprint density at radius 2 is 1.88 bits per heavy atom. The summed E-state index contributed by atoms with van der Waals surface area (Å²) in [4.78, 5) is 24.1. The number of rotatable bonds is 6. The van der Waals surface area contributed by atoms with Gasteiger partial charge in [-0.3, -0.25) is 4.79 Å². The first-order chi connectivity index (χ1) is 11.5. The highest BCUT2D eigenvalue weighted by Gasteiger charge is 2.26. The van der Waals surface area contributed by atoms with Crippen molar-refractivity contribution in [1.82, 2.24) is 5.32 Å². The van der Waals surface area contributed by atoms with E-state index >= 15 is 0 Å². The third kappa shape index (κ3) is 4.63. The Hall–Kier alpha value is -2.73. The van der Waals surface area contributed by atoms with Crippen LogP contribution in [0.5, 0.6) is 0 Å². The molecule has 0 saturated carbocycles. The number of aliphatic hydroxyl groups is 1. The molecule has 0 aliphatic rings. The van der Waals surface area contributed by atoms with E-state index in [2.05, 4.69) is 10.1 Å². The molecule has 0 heterocycles. The van der Waals surface area contributed by atoms with Crippen molar-refractivity contribution in [2.75, 3.05) is 7.11 Å². The second-order valence-corrected chi connectivity index (χ2v) is 5.23. The fourth-order valence-corrected chi connectivity index (χ4v) is 2.27. The topological polar surface area (TPSA) is 75.6 Å². The summed E-state index contributed by atoms with van der Waals surface area (Å²) in [5, 5.41) is 12.5. The molecule has 0 bridgehead atoms. The van der Waals surface area contributed by atoms with Crippen molar-refractivity contribution in [2.24, 2.45) is 0 Å². The van der Waals surface area contributed by atoms with Gasteiger partial charge >= 0.3 is 5.97 Å². The first-order valence-electron chi connectivity index (χ1n) is 7.37. The zero-order valence-corrected chi connectivity index (χ0v) is 13.1. The van der Waals surface area contributed by atoms with Gasteiger partial charge in [0.15, 0.2) is 6.10 Å². The van der Waals surface area contributed by atoms with Gasteiger partial charge < -0.3 is 15.2 Å². The zero-order valence-electron chi connectivity index (χ0n) is 13.1. The van der Waals surface area contributed by atoms with Crippen molar-refractivity contribution >= 4 is 11.9 Å². The van der Waals surface area contributed by atoms with Gasteiger partial charge in [0.25, 0.3) is 5.91 Å². The maximum Gasteiger partial charge on any atom is 0.328 e. The number of carbonyl (C=O) groups is 2. The van der Waals surface area contributed by atoms with E-state index in [-0.39, 0.29) is 6.42 Å². The third-order valence-electron chi connectivity index (χ3n) is 3.49. The minimum absolute atomic E-state index is 0.0533. The van der Waals surface area contributed by atoms with Crippen molar-refractivity contribution in [3.63, 3.8) is 0 Å². The van der Waals surface area contributed by atoms with E-state index in [1.807, 2.05) is 0 Å². The number of halogens is 1. The van der Waals surface area contributed by atoms with Crippen molar-refractivity contribution in [1.29, 1.82) is 0 Å². The SMILES string of the molecule is COC(=O)[C@@H](Cc1cccc(F)c1)NC(=O)[C@@H](O)c1ccccc1. The average Bonchev–Trinajstić information content (AvgIpc) is 2.60. The molecule has 6 heteroatoms. The van der Waals surface area contributed by atoms with Gasteiger partial charge in [-0.1, -0.05) is 42.5 Å². The average molecular weight is 331 g/mol. The largest absolute Gasteiger partial charge is 0.467 e. The molecular formula is C18H18FNO4. The van der Waals surface area contributed by atoms with Crippen LogP contribution in [0.2, 0.25) is 0 Å². The van der Waals surface area contributed by atoms with Crippen LogP contribution in [0, 0.1) is 5.82 Å². The summed E-state index contributed by atoms with van der Waals surface area (Å²) >= 11 is 0. The van der Waals surface area contributed by atoms with Crippen LogP contribution in [0.1, 0.15) is 17.2 Å². The van der Waals surface area contributed by atoms with Crippen LogP contribution in [0.4, 0.5) is 4.39 Å². The summed E-state index contributed by atoms with van der Waals surface area (Å²) in [6.07, 6.45) is -1.36. The Kier molecular flexibility index (Phi) is 6.03. The number of nitrogens with one attached hydrogen (secondary N) is 1. The lowest BCUT2D eigenvalue weighted by Crippen LogP contribution is -2.45. The molecule has 24 heavy (non-hydrogen) atoms. The minimum atomic E-state index is -1.41. The molecular weight excluding hydrogens is 313 g/mol. The zero-order chi connectivity index (χ0) is 17.5. The van der Waals surface area contributed by atoms with E-state index in [0.717, 1.165) is 0 Å². The summed E-state index contributed by atoms with van der Waals surface area (Å²) in [6, 6.07) is 13.0. The highest BCUT2D eigenvalue weighted by atomic mass is 19.1. The first-order valence-corrected chi connectivity index (χ1v) is 7.37. The summed E-state index contributed by atoms with van der Waals surface area (Å²) in [7, 11) is 1.20. The third-order valence-corrected chi connectivity index (χ3v) is 3.49. The number of carbonyl (C=O) groups excluding carboxylic acids is 2. The second-order valence-electron chi connectivity index (χ2n) is 5.23. The van der Waals surface area contributed by atoms with Crippen LogP contribution in [0.3, 0.4) is 0 Å². The Labute approximate surface area is 139 Å². The van der Waals surface area contributed by atoms with Gasteiger partial charge in [-0.15, -0.1) is 0 Å². The Morgan fingerprint density at radius 3 is 2.50 bits per heavy atom. The number of ether oxygens (including phenoxy) is 1. The van der Waals surface area contributed by atoms with Gasteiger partial charge in [-0.25, -0.2) is 9.18 Å². The standard InChI is InChI=1S/C18H18FNO4/c1-24-18(23)15(11-12-6-5-9-14(19)10-12)20-17(22)16(21)13-7-3-2-4-8-13/h2-10,15-16,21H,11H2,1H3,(H,20,22)/t15-,16+/m1/s1. The van der Waals surface area contributed by atoms with Gasteiger partial charge in [0.2, 0.25) is 0 Å². The lowest BCUT2D eigenvalue weighted by molar-refractivity contribution is -0.146. The van der Waals surface area contributed by atoms with Crippen LogP contribution in [0.25, 0.3) is 0 Å². The second kappa shape index (κ2) is 8.21. The fraction of sp³-hybridized carbons (Fsp3) is 0.222. The molecule has 0 radical (unpaired) electrons. The molecule has 2 rings (SSSR count). The smallest absolute Gasteiger partial charge is 0.328 e. The molecule has 0 aliphatic heterocycles. The van der Waals surface area contributed by atoms with Crippen molar-refractivity contribution in [2.45, 2.75) is 18.6 Å². The predicted molar refractivity (Wildman–Crippen MR) is 85.5 cm³/mol. The molecule has 1 amide bonds. The molecule has 0 saturated heterocycles. The molecule has 0 fully saturated rings. The summed E-state index contributed by atoms with van der Waals surface area (Å²) in [5.74, 6) is -1.84. The molecule has 2 aromatic rings. The minimum Gasteiger partial charge on any atom is -0.467 e. The number of hydrogen-bond acceptors (Lipinski definition) is 4. The highest BCUT2D eigenvalue weighted by molar-refractivity contribution is 5.87. The van der Waals surface area contributed by atoms with E-state index in [0.29, 0.717) is 11.1 Å². The number of hydrogen-bond donors (Lipinski definition) is 2. The van der Waals surface area contributed by atoms with E-state index in [9.17, 15) is 19.1 Å². The lowest BCUT2D eigenvalue weighted by Gasteiger charge is -2.19. The molecule has 2 atom stereocenters. The quantitative estimate of drug-likeness (QED) is 0.791. The fourth-order valence-electron chi connectivity index (χ4n) is 2.27. The molecule has 0 unspecified atom stereocenters. The number of esters is 1. The maximum absolute atomic E-state index is 13.3. The highest BCUT2D eigenvalue weighted by Crippen LogP contribution is 2.13. The molecule has 126 valence electrons. The monoisotopic (exact) mass is 331 g/mol.